The Morgan fingerprint density at radius 3 is 2.53 bits per heavy atom. The number of carbonyl (C=O) groups excluding carboxylic acids is 1. The molecule has 0 N–H and O–H groups in total. The van der Waals surface area contributed by atoms with E-state index in [9.17, 15) is 14.9 Å². The van der Waals surface area contributed by atoms with Crippen LogP contribution < -0.4 is 0 Å². The van der Waals surface area contributed by atoms with E-state index in [1.807, 2.05) is 24.3 Å². The first kappa shape index (κ1) is 12.2. The average molecular weight is 298 g/mol. The molecule has 1 aliphatic carbocycles. The van der Waals surface area contributed by atoms with Crippen molar-refractivity contribution in [1.82, 2.24) is 0 Å². The third-order valence-electron chi connectivity index (χ3n) is 3.20. The minimum Gasteiger partial charge on any atom is -0.300 e. The van der Waals surface area contributed by atoms with Crippen molar-refractivity contribution in [3.8, 4) is 0 Å². The number of rotatable bonds is 2. The first-order chi connectivity index (χ1) is 8.08. The number of nitrogens with zero attached hydrogens (tertiary/aromatic N) is 1. The molecule has 17 heavy (non-hydrogen) atoms. The monoisotopic (exact) mass is 297 g/mol. The van der Waals surface area contributed by atoms with Gasteiger partial charge in [0, 0.05) is 28.7 Å². The van der Waals surface area contributed by atoms with Crippen LogP contribution in [0, 0.1) is 10.1 Å². The van der Waals surface area contributed by atoms with Crippen LogP contribution in [0.1, 0.15) is 30.7 Å². The van der Waals surface area contributed by atoms with Gasteiger partial charge in [-0.3, -0.25) is 14.9 Å². The van der Waals surface area contributed by atoms with Gasteiger partial charge >= 0.3 is 0 Å². The number of carbonyl (C=O) groups is 1. The first-order valence-electron chi connectivity index (χ1n) is 5.48. The van der Waals surface area contributed by atoms with Crippen LogP contribution in [0.2, 0.25) is 0 Å². The Bertz CT molecular complexity index is 444. The van der Waals surface area contributed by atoms with Crippen LogP contribution in [-0.2, 0) is 4.79 Å². The second-order valence-electron chi connectivity index (χ2n) is 4.29. The highest BCUT2D eigenvalue weighted by atomic mass is 79.9. The van der Waals surface area contributed by atoms with E-state index in [2.05, 4.69) is 15.9 Å². The van der Waals surface area contributed by atoms with E-state index in [4.69, 9.17) is 0 Å². The lowest BCUT2D eigenvalue weighted by Crippen LogP contribution is -2.33. The van der Waals surface area contributed by atoms with E-state index < -0.39 is 6.04 Å². The highest BCUT2D eigenvalue weighted by Gasteiger charge is 2.38. The lowest BCUT2D eigenvalue weighted by molar-refractivity contribution is -0.528. The molecule has 0 bridgehead atoms. The summed E-state index contributed by atoms with van der Waals surface area (Å²) in [5, 5.41) is 11.0. The number of nitro groups is 1. The number of ketones is 1. The molecular formula is C12H12BrNO3. The van der Waals surface area contributed by atoms with Crippen molar-refractivity contribution < 1.29 is 9.72 Å². The zero-order chi connectivity index (χ0) is 12.4. The highest BCUT2D eigenvalue weighted by Crippen LogP contribution is 2.33. The van der Waals surface area contributed by atoms with Gasteiger partial charge < -0.3 is 0 Å². The van der Waals surface area contributed by atoms with Gasteiger partial charge in [0.2, 0.25) is 6.04 Å². The van der Waals surface area contributed by atoms with Gasteiger partial charge in [0.05, 0.1) is 5.92 Å². The molecule has 2 rings (SSSR count). The second-order valence-corrected chi connectivity index (χ2v) is 5.21. The molecule has 1 aromatic rings. The Morgan fingerprint density at radius 1 is 1.29 bits per heavy atom. The average Bonchev–Trinajstić information content (AvgIpc) is 2.29. The second kappa shape index (κ2) is 4.96. The summed E-state index contributed by atoms with van der Waals surface area (Å²) in [4.78, 5) is 22.2. The molecule has 2 atom stereocenters. The van der Waals surface area contributed by atoms with E-state index in [1.165, 1.54) is 0 Å². The van der Waals surface area contributed by atoms with Crippen LogP contribution in [0.15, 0.2) is 28.7 Å². The molecule has 0 heterocycles. The van der Waals surface area contributed by atoms with Gasteiger partial charge in [-0.2, -0.15) is 0 Å². The fourth-order valence-electron chi connectivity index (χ4n) is 2.30. The predicted octanol–water partition coefficient (Wildman–Crippen LogP) is 2.93. The van der Waals surface area contributed by atoms with E-state index in [0.29, 0.717) is 12.8 Å². The lowest BCUT2D eigenvalue weighted by Gasteiger charge is -2.24. The van der Waals surface area contributed by atoms with E-state index in [-0.39, 0.29) is 23.0 Å². The molecule has 0 radical (unpaired) electrons. The number of benzene rings is 1. The zero-order valence-electron chi connectivity index (χ0n) is 9.14. The van der Waals surface area contributed by atoms with Crippen molar-refractivity contribution in [2.45, 2.75) is 31.2 Å². The molecular weight excluding hydrogens is 286 g/mol. The molecule has 5 heteroatoms. The maximum absolute atomic E-state index is 11.5. The quantitative estimate of drug-likeness (QED) is 0.623. The molecule has 90 valence electrons. The van der Waals surface area contributed by atoms with Gasteiger partial charge in [-0.05, 0) is 17.7 Å². The fraction of sp³-hybridized carbons (Fsp3) is 0.417. The number of hydrogen-bond donors (Lipinski definition) is 0. The minimum absolute atomic E-state index is 0.121. The standard InChI is InChI=1S/C12H12BrNO3/c13-9-3-1-8(2-4-9)11-7-10(15)5-6-12(11)14(16)17/h1-4,11-12H,5-7H2/t11-,12-/m0/s1. The highest BCUT2D eigenvalue weighted by molar-refractivity contribution is 9.10. The fourth-order valence-corrected chi connectivity index (χ4v) is 2.56. The summed E-state index contributed by atoms with van der Waals surface area (Å²) < 4.78 is 0.932. The third kappa shape index (κ3) is 2.72. The third-order valence-corrected chi connectivity index (χ3v) is 3.73. The lowest BCUT2D eigenvalue weighted by atomic mass is 9.80. The largest absolute Gasteiger partial charge is 0.300 e. The summed E-state index contributed by atoms with van der Waals surface area (Å²) in [7, 11) is 0. The molecule has 0 aliphatic heterocycles. The van der Waals surface area contributed by atoms with Gasteiger partial charge in [-0.1, -0.05) is 28.1 Å². The maximum atomic E-state index is 11.5. The van der Waals surface area contributed by atoms with Crippen LogP contribution in [0.4, 0.5) is 0 Å². The molecule has 1 aromatic carbocycles. The minimum atomic E-state index is -0.631. The van der Waals surface area contributed by atoms with Crippen LogP contribution in [0.5, 0.6) is 0 Å². The van der Waals surface area contributed by atoms with Gasteiger partial charge in [-0.15, -0.1) is 0 Å². The van der Waals surface area contributed by atoms with Gasteiger partial charge in [0.25, 0.3) is 0 Å². The molecule has 1 aliphatic rings. The Labute approximate surface area is 107 Å². The summed E-state index contributed by atoms with van der Waals surface area (Å²) >= 11 is 3.32. The van der Waals surface area contributed by atoms with E-state index in [0.717, 1.165) is 10.0 Å². The Balaban J connectivity index is 2.28. The summed E-state index contributed by atoms with van der Waals surface area (Å²) in [6, 6.07) is 6.78. The van der Waals surface area contributed by atoms with Crippen LogP contribution in [-0.4, -0.2) is 16.7 Å². The SMILES string of the molecule is O=C1CC[C@H]([N+](=O)[O-])[C@H](c2ccc(Br)cc2)C1. The summed E-state index contributed by atoms with van der Waals surface area (Å²) in [5.74, 6) is -0.157. The van der Waals surface area contributed by atoms with E-state index >= 15 is 0 Å². The van der Waals surface area contributed by atoms with Crippen LogP contribution in [0.25, 0.3) is 0 Å². The molecule has 0 amide bonds. The van der Waals surface area contributed by atoms with Crippen molar-refractivity contribution in [3.63, 3.8) is 0 Å². The van der Waals surface area contributed by atoms with Gasteiger partial charge in [0.15, 0.2) is 0 Å². The summed E-state index contributed by atoms with van der Waals surface area (Å²) in [6.07, 6.45) is 0.971. The zero-order valence-corrected chi connectivity index (χ0v) is 10.7. The van der Waals surface area contributed by atoms with Crippen LogP contribution in [0.3, 0.4) is 0 Å². The van der Waals surface area contributed by atoms with Crippen molar-refractivity contribution >= 4 is 21.7 Å². The normalized spacial score (nSPS) is 24.6. The molecule has 0 aromatic heterocycles. The number of hydrogen-bond acceptors (Lipinski definition) is 3. The van der Waals surface area contributed by atoms with Gasteiger partial charge in [0.1, 0.15) is 5.78 Å². The number of Topliss-reactive ketones (excluding diaryl/α,β-unsaturated/α-hetero) is 1. The predicted molar refractivity (Wildman–Crippen MR) is 66.5 cm³/mol. The van der Waals surface area contributed by atoms with Crippen LogP contribution >= 0.6 is 15.9 Å². The molecule has 0 saturated heterocycles. The molecule has 0 spiro atoms. The van der Waals surface area contributed by atoms with Crippen molar-refractivity contribution in [1.29, 1.82) is 0 Å². The Kier molecular flexibility index (Phi) is 3.57. The molecule has 0 unspecified atom stereocenters. The Morgan fingerprint density at radius 2 is 1.94 bits per heavy atom. The topological polar surface area (TPSA) is 60.2 Å². The summed E-state index contributed by atoms with van der Waals surface area (Å²) in [6.45, 7) is 0. The molecule has 1 saturated carbocycles. The van der Waals surface area contributed by atoms with Gasteiger partial charge in [-0.25, -0.2) is 0 Å². The Hall–Kier alpha value is -1.23. The first-order valence-corrected chi connectivity index (χ1v) is 6.28. The number of halogens is 1. The molecule has 4 nitrogen and oxygen atoms in total. The maximum Gasteiger partial charge on any atom is 0.220 e. The van der Waals surface area contributed by atoms with Crippen molar-refractivity contribution in [2.75, 3.05) is 0 Å². The van der Waals surface area contributed by atoms with E-state index in [1.54, 1.807) is 0 Å². The van der Waals surface area contributed by atoms with Crippen molar-refractivity contribution in [3.05, 3.63) is 44.4 Å². The smallest absolute Gasteiger partial charge is 0.220 e. The van der Waals surface area contributed by atoms with Crippen molar-refractivity contribution in [2.24, 2.45) is 0 Å². The summed E-state index contributed by atoms with van der Waals surface area (Å²) in [5.41, 5.74) is 0.878. The molecule has 1 fully saturated rings.